The smallest absolute Gasteiger partial charge is 0.169 e. The minimum atomic E-state index is -0.137. The molecule has 5 nitrogen and oxygen atoms in total. The minimum Gasteiger partial charge on any atom is -0.384 e. The second-order valence-corrected chi connectivity index (χ2v) is 3.24. The Morgan fingerprint density at radius 1 is 1.44 bits per heavy atom. The first-order chi connectivity index (χ1) is 7.67. The van der Waals surface area contributed by atoms with Crippen molar-refractivity contribution in [2.75, 3.05) is 0 Å². The van der Waals surface area contributed by atoms with Crippen molar-refractivity contribution in [1.82, 2.24) is 10.3 Å². The molecule has 16 heavy (non-hydrogen) atoms. The van der Waals surface area contributed by atoms with Gasteiger partial charge in [0.15, 0.2) is 5.57 Å². The molecule has 6 heteroatoms. The fourth-order valence-corrected chi connectivity index (χ4v) is 1.05. The first-order valence-corrected chi connectivity index (χ1v) is 4.69. The molecule has 0 fully saturated rings. The van der Waals surface area contributed by atoms with Crippen LogP contribution in [0.25, 0.3) is 0 Å². The summed E-state index contributed by atoms with van der Waals surface area (Å²) < 4.78 is 0. The Labute approximate surface area is 97.8 Å². The number of allylic oxidation sites excluding steroid dienone is 1. The Morgan fingerprint density at radius 3 is 2.62 bits per heavy atom. The Morgan fingerprint density at radius 2 is 2.12 bits per heavy atom. The molecule has 0 bridgehead atoms. The maximum atomic E-state index is 8.55. The highest BCUT2D eigenvalue weighted by atomic mass is 35.5. The van der Waals surface area contributed by atoms with Crippen LogP contribution in [0.2, 0.25) is 5.15 Å². The molecule has 0 saturated heterocycles. The molecule has 1 rings (SSSR count). The summed E-state index contributed by atoms with van der Waals surface area (Å²) in [6, 6.07) is 6.80. The van der Waals surface area contributed by atoms with Crippen LogP contribution >= 0.6 is 11.6 Å². The third-order valence-corrected chi connectivity index (χ3v) is 1.99. The molecule has 1 heterocycles. The van der Waals surface area contributed by atoms with Gasteiger partial charge in [-0.2, -0.15) is 10.5 Å². The van der Waals surface area contributed by atoms with Gasteiger partial charge in [-0.05, 0) is 11.6 Å². The number of halogens is 1. The lowest BCUT2D eigenvalue weighted by atomic mass is 10.2. The lowest BCUT2D eigenvalue weighted by Crippen LogP contribution is -2.21. The number of rotatable bonds is 3. The van der Waals surface area contributed by atoms with E-state index in [0.717, 1.165) is 5.56 Å². The molecule has 3 N–H and O–H groups in total. The number of nitrogens with zero attached hydrogens (tertiary/aromatic N) is 3. The first-order valence-electron chi connectivity index (χ1n) is 4.31. The van der Waals surface area contributed by atoms with Crippen molar-refractivity contribution >= 4 is 11.6 Å². The van der Waals surface area contributed by atoms with E-state index in [0.29, 0.717) is 11.7 Å². The lowest BCUT2D eigenvalue weighted by Gasteiger charge is -2.05. The van der Waals surface area contributed by atoms with Crippen molar-refractivity contribution in [3.05, 3.63) is 40.4 Å². The lowest BCUT2D eigenvalue weighted by molar-refractivity contribution is 0.791. The van der Waals surface area contributed by atoms with Crippen molar-refractivity contribution in [3.63, 3.8) is 0 Å². The quantitative estimate of drug-likeness (QED) is 0.600. The molecule has 1 aromatic rings. The van der Waals surface area contributed by atoms with Gasteiger partial charge in [-0.25, -0.2) is 4.98 Å². The van der Waals surface area contributed by atoms with Gasteiger partial charge in [0.25, 0.3) is 0 Å². The van der Waals surface area contributed by atoms with Gasteiger partial charge < -0.3 is 11.1 Å². The summed E-state index contributed by atoms with van der Waals surface area (Å²) in [4.78, 5) is 3.88. The summed E-state index contributed by atoms with van der Waals surface area (Å²) in [5.41, 5.74) is 6.21. The molecule has 0 aliphatic rings. The fraction of sp³-hybridized carbons (Fsp3) is 0.100. The van der Waals surface area contributed by atoms with Crippen molar-refractivity contribution in [1.29, 1.82) is 10.5 Å². The molecule has 0 unspecified atom stereocenters. The fourth-order valence-electron chi connectivity index (χ4n) is 0.942. The van der Waals surface area contributed by atoms with E-state index in [1.165, 1.54) is 0 Å². The summed E-state index contributed by atoms with van der Waals surface area (Å²) in [5.74, 6) is 0.0555. The molecule has 0 saturated carbocycles. The van der Waals surface area contributed by atoms with E-state index in [9.17, 15) is 0 Å². The van der Waals surface area contributed by atoms with Gasteiger partial charge in [-0.1, -0.05) is 17.7 Å². The molecular weight excluding hydrogens is 226 g/mol. The monoisotopic (exact) mass is 233 g/mol. The average Bonchev–Trinajstić information content (AvgIpc) is 2.30. The average molecular weight is 234 g/mol. The molecule has 80 valence electrons. The first kappa shape index (κ1) is 11.8. The van der Waals surface area contributed by atoms with E-state index < -0.39 is 0 Å². The zero-order valence-corrected chi connectivity index (χ0v) is 8.99. The molecule has 0 radical (unpaired) electrons. The van der Waals surface area contributed by atoms with Crippen LogP contribution in [0, 0.1) is 22.7 Å². The Bertz CT molecular complexity index is 461. The second kappa shape index (κ2) is 5.59. The predicted octanol–water partition coefficient (Wildman–Crippen LogP) is 1.04. The number of nitrogens with two attached hydrogens (primary N) is 1. The molecule has 0 atom stereocenters. The third-order valence-electron chi connectivity index (χ3n) is 1.76. The summed E-state index contributed by atoms with van der Waals surface area (Å²) in [6.45, 7) is 0.378. The van der Waals surface area contributed by atoms with Crippen LogP contribution in [0.5, 0.6) is 0 Å². The SMILES string of the molecule is N#CC(C#N)=C(N)NCc1ccc(Cl)nc1. The highest BCUT2D eigenvalue weighted by Crippen LogP contribution is 2.05. The van der Waals surface area contributed by atoms with E-state index >= 15 is 0 Å². The predicted molar refractivity (Wildman–Crippen MR) is 58.5 cm³/mol. The largest absolute Gasteiger partial charge is 0.384 e. The van der Waals surface area contributed by atoms with Crippen LogP contribution < -0.4 is 11.1 Å². The van der Waals surface area contributed by atoms with Crippen molar-refractivity contribution < 1.29 is 0 Å². The number of aromatic nitrogens is 1. The van der Waals surface area contributed by atoms with Gasteiger partial charge >= 0.3 is 0 Å². The van der Waals surface area contributed by atoms with Gasteiger partial charge in [-0.15, -0.1) is 0 Å². The van der Waals surface area contributed by atoms with Crippen molar-refractivity contribution in [2.24, 2.45) is 5.73 Å². The van der Waals surface area contributed by atoms with Gasteiger partial charge in [0.1, 0.15) is 23.1 Å². The highest BCUT2D eigenvalue weighted by Gasteiger charge is 2.01. The molecule has 0 aliphatic carbocycles. The van der Waals surface area contributed by atoms with E-state index in [2.05, 4.69) is 10.3 Å². The molecule has 0 aromatic carbocycles. The standard InChI is InChI=1S/C10H8ClN5/c11-9-2-1-7(5-15-9)6-16-10(14)8(3-12)4-13/h1-2,5,16H,6,14H2. The Hall–Kier alpha value is -2.24. The topological polar surface area (TPSA) is 98.5 Å². The van der Waals surface area contributed by atoms with Crippen LogP contribution in [-0.2, 0) is 6.54 Å². The van der Waals surface area contributed by atoms with Crippen LogP contribution in [0.3, 0.4) is 0 Å². The zero-order valence-electron chi connectivity index (χ0n) is 8.24. The molecule has 0 aliphatic heterocycles. The van der Waals surface area contributed by atoms with Gasteiger partial charge in [-0.3, -0.25) is 0 Å². The number of hydrogen-bond acceptors (Lipinski definition) is 5. The van der Waals surface area contributed by atoms with Crippen molar-refractivity contribution in [3.8, 4) is 12.1 Å². The second-order valence-electron chi connectivity index (χ2n) is 2.86. The molecular formula is C10H8ClN5. The van der Waals surface area contributed by atoms with E-state index in [1.807, 2.05) is 0 Å². The van der Waals surface area contributed by atoms with E-state index in [-0.39, 0.29) is 11.4 Å². The Kier molecular flexibility index (Phi) is 4.14. The number of nitrogens with one attached hydrogen (secondary N) is 1. The van der Waals surface area contributed by atoms with Crippen LogP contribution in [0.4, 0.5) is 0 Å². The van der Waals surface area contributed by atoms with Gasteiger partial charge in [0.05, 0.1) is 0 Å². The number of nitriles is 2. The van der Waals surface area contributed by atoms with Crippen molar-refractivity contribution in [2.45, 2.75) is 6.54 Å². The maximum Gasteiger partial charge on any atom is 0.169 e. The Balaban J connectivity index is 2.66. The van der Waals surface area contributed by atoms with E-state index in [1.54, 1.807) is 30.5 Å². The number of pyridine rings is 1. The summed E-state index contributed by atoms with van der Waals surface area (Å²) in [7, 11) is 0. The minimum absolute atomic E-state index is 0.0555. The van der Waals surface area contributed by atoms with Crippen LogP contribution in [-0.4, -0.2) is 4.98 Å². The van der Waals surface area contributed by atoms with Crippen LogP contribution in [0.15, 0.2) is 29.7 Å². The van der Waals surface area contributed by atoms with E-state index in [4.69, 9.17) is 27.9 Å². The molecule has 0 spiro atoms. The summed E-state index contributed by atoms with van der Waals surface area (Å²) in [6.07, 6.45) is 1.58. The molecule has 1 aromatic heterocycles. The highest BCUT2D eigenvalue weighted by molar-refractivity contribution is 6.29. The number of hydrogen-bond donors (Lipinski definition) is 2. The summed E-state index contributed by atoms with van der Waals surface area (Å²) in [5, 5.41) is 20.3. The van der Waals surface area contributed by atoms with Crippen LogP contribution in [0.1, 0.15) is 5.56 Å². The van der Waals surface area contributed by atoms with Gasteiger partial charge in [0.2, 0.25) is 0 Å². The third kappa shape index (κ3) is 3.16. The maximum absolute atomic E-state index is 8.55. The normalized spacial score (nSPS) is 8.69. The zero-order chi connectivity index (χ0) is 12.0. The van der Waals surface area contributed by atoms with Gasteiger partial charge in [0, 0.05) is 12.7 Å². The summed E-state index contributed by atoms with van der Waals surface area (Å²) >= 11 is 5.62. The molecule has 0 amide bonds.